The van der Waals surface area contributed by atoms with Crippen molar-refractivity contribution in [2.75, 3.05) is 6.54 Å². The molecule has 0 saturated heterocycles. The molecule has 1 aromatic carbocycles. The Morgan fingerprint density at radius 2 is 1.83 bits per heavy atom. The minimum Gasteiger partial charge on any atom is -0.354 e. The smallest absolute Gasteiger partial charge is 0.268 e. The summed E-state index contributed by atoms with van der Waals surface area (Å²) in [6.07, 6.45) is 6.62. The molecular weight excluding hydrogens is 380 g/mol. The lowest BCUT2D eigenvalue weighted by Crippen LogP contribution is -2.61. The third kappa shape index (κ3) is 5.46. The number of carbonyl (C=O) groups is 3. The van der Waals surface area contributed by atoms with Gasteiger partial charge < -0.3 is 10.6 Å². The predicted octanol–water partition coefficient (Wildman–Crippen LogP) is 2.90. The van der Waals surface area contributed by atoms with Crippen molar-refractivity contribution in [2.45, 2.75) is 76.8 Å². The molecule has 30 heavy (non-hydrogen) atoms. The Morgan fingerprint density at radius 1 is 1.10 bits per heavy atom. The van der Waals surface area contributed by atoms with Crippen molar-refractivity contribution in [1.82, 2.24) is 15.6 Å². The van der Waals surface area contributed by atoms with Gasteiger partial charge in [-0.15, -0.1) is 0 Å². The summed E-state index contributed by atoms with van der Waals surface area (Å²) in [5.74, 6) is -0.536. The van der Waals surface area contributed by atoms with Crippen LogP contribution < -0.4 is 10.6 Å². The molecule has 1 aliphatic carbocycles. The number of hydrazone groups is 1. The fourth-order valence-corrected chi connectivity index (χ4v) is 4.05. The molecule has 1 aromatic rings. The molecule has 7 nitrogen and oxygen atoms in total. The summed E-state index contributed by atoms with van der Waals surface area (Å²) in [5.41, 5.74) is 0.393. The number of benzene rings is 1. The number of amides is 3. The predicted molar refractivity (Wildman–Crippen MR) is 116 cm³/mol. The van der Waals surface area contributed by atoms with Gasteiger partial charge in [0.2, 0.25) is 11.8 Å². The van der Waals surface area contributed by atoms with Crippen LogP contribution in [0.3, 0.4) is 0 Å². The lowest BCUT2D eigenvalue weighted by Gasteiger charge is -2.37. The van der Waals surface area contributed by atoms with Crippen molar-refractivity contribution in [3.05, 3.63) is 35.9 Å². The zero-order valence-electron chi connectivity index (χ0n) is 17.8. The van der Waals surface area contributed by atoms with E-state index in [1.807, 2.05) is 30.3 Å². The molecule has 0 aromatic heterocycles. The van der Waals surface area contributed by atoms with Gasteiger partial charge in [-0.25, -0.2) is 5.01 Å². The standard InChI is InChI=1S/C23H32N4O3/c1-2-3-16-24-22(30)23(14-8-5-9-15-23)25-21(29)19-12-13-20(28)27(26-19)17-18-10-6-4-7-11-18/h4,6-7,10-11H,2-3,5,8-9,12-17H2,1H3,(H,24,30)(H,25,29). The second-order valence-electron chi connectivity index (χ2n) is 8.19. The Bertz CT molecular complexity index is 785. The molecule has 1 fully saturated rings. The SMILES string of the molecule is CCCCNC(=O)C1(NC(=O)C2=NN(Cc3ccccc3)C(=O)CC2)CCCCC1. The average molecular weight is 413 g/mol. The number of hydrogen-bond donors (Lipinski definition) is 2. The Kier molecular flexibility index (Phi) is 7.60. The summed E-state index contributed by atoms with van der Waals surface area (Å²) < 4.78 is 0. The van der Waals surface area contributed by atoms with E-state index in [9.17, 15) is 14.4 Å². The number of hydrogen-bond acceptors (Lipinski definition) is 4. The highest BCUT2D eigenvalue weighted by Gasteiger charge is 2.41. The lowest BCUT2D eigenvalue weighted by molar-refractivity contribution is -0.134. The molecule has 0 radical (unpaired) electrons. The zero-order valence-corrected chi connectivity index (χ0v) is 17.8. The van der Waals surface area contributed by atoms with E-state index in [4.69, 9.17) is 0 Å². The number of nitrogens with zero attached hydrogens (tertiary/aromatic N) is 2. The lowest BCUT2D eigenvalue weighted by atomic mass is 9.80. The van der Waals surface area contributed by atoms with Gasteiger partial charge in [-0.2, -0.15) is 5.10 Å². The van der Waals surface area contributed by atoms with E-state index in [0.29, 0.717) is 38.1 Å². The molecule has 1 saturated carbocycles. The first-order valence-corrected chi connectivity index (χ1v) is 11.1. The van der Waals surface area contributed by atoms with Crippen molar-refractivity contribution < 1.29 is 14.4 Å². The number of carbonyl (C=O) groups excluding carboxylic acids is 3. The first kappa shape index (κ1) is 22.0. The normalized spacial score (nSPS) is 18.5. The van der Waals surface area contributed by atoms with E-state index in [0.717, 1.165) is 37.7 Å². The molecule has 0 spiro atoms. The maximum atomic E-state index is 13.1. The molecule has 0 bridgehead atoms. The van der Waals surface area contributed by atoms with E-state index in [-0.39, 0.29) is 24.1 Å². The molecule has 1 aliphatic heterocycles. The summed E-state index contributed by atoms with van der Waals surface area (Å²) >= 11 is 0. The van der Waals surface area contributed by atoms with Gasteiger partial charge >= 0.3 is 0 Å². The monoisotopic (exact) mass is 412 g/mol. The Labute approximate surface area is 178 Å². The number of rotatable bonds is 8. The van der Waals surface area contributed by atoms with Crippen LogP contribution in [0.4, 0.5) is 0 Å². The van der Waals surface area contributed by atoms with Crippen molar-refractivity contribution in [3.63, 3.8) is 0 Å². The third-order valence-electron chi connectivity index (χ3n) is 5.85. The van der Waals surface area contributed by atoms with Crippen LogP contribution in [0.2, 0.25) is 0 Å². The van der Waals surface area contributed by atoms with E-state index < -0.39 is 5.54 Å². The minimum absolute atomic E-state index is 0.0971. The Morgan fingerprint density at radius 3 is 2.53 bits per heavy atom. The van der Waals surface area contributed by atoms with Crippen LogP contribution in [0.25, 0.3) is 0 Å². The van der Waals surface area contributed by atoms with Crippen molar-refractivity contribution in [3.8, 4) is 0 Å². The van der Waals surface area contributed by atoms with Crippen LogP contribution in [0.15, 0.2) is 35.4 Å². The number of unbranched alkanes of at least 4 members (excludes halogenated alkanes) is 1. The first-order valence-electron chi connectivity index (χ1n) is 11.1. The fourth-order valence-electron chi connectivity index (χ4n) is 4.05. The van der Waals surface area contributed by atoms with Gasteiger partial charge in [0, 0.05) is 19.4 Å². The first-order chi connectivity index (χ1) is 14.5. The third-order valence-corrected chi connectivity index (χ3v) is 5.85. The largest absolute Gasteiger partial charge is 0.354 e. The van der Waals surface area contributed by atoms with E-state index in [2.05, 4.69) is 22.7 Å². The van der Waals surface area contributed by atoms with Crippen molar-refractivity contribution >= 4 is 23.4 Å². The Hall–Kier alpha value is -2.70. The van der Waals surface area contributed by atoms with E-state index in [1.165, 1.54) is 5.01 Å². The summed E-state index contributed by atoms with van der Waals surface area (Å²) in [4.78, 5) is 38.3. The number of nitrogens with one attached hydrogen (secondary N) is 2. The van der Waals surface area contributed by atoms with Gasteiger partial charge in [-0.05, 0) is 24.8 Å². The maximum absolute atomic E-state index is 13.1. The van der Waals surface area contributed by atoms with Crippen molar-refractivity contribution in [2.24, 2.45) is 5.10 Å². The highest BCUT2D eigenvalue weighted by atomic mass is 16.2. The van der Waals surface area contributed by atoms with Crippen LogP contribution >= 0.6 is 0 Å². The van der Waals surface area contributed by atoms with Crippen molar-refractivity contribution in [1.29, 1.82) is 0 Å². The van der Waals surface area contributed by atoms with Crippen LogP contribution in [0, 0.1) is 0 Å². The second-order valence-corrected chi connectivity index (χ2v) is 8.19. The zero-order chi connectivity index (χ0) is 21.4. The molecule has 162 valence electrons. The summed E-state index contributed by atoms with van der Waals surface area (Å²) in [5, 5.41) is 11.7. The van der Waals surface area contributed by atoms with Crippen LogP contribution in [0.1, 0.15) is 70.3 Å². The summed E-state index contributed by atoms with van der Waals surface area (Å²) in [6.45, 7) is 3.03. The van der Waals surface area contributed by atoms with Crippen LogP contribution in [-0.2, 0) is 20.9 Å². The van der Waals surface area contributed by atoms with Gasteiger partial charge in [0.1, 0.15) is 11.3 Å². The van der Waals surface area contributed by atoms with E-state index in [1.54, 1.807) is 0 Å². The quantitative estimate of drug-likeness (QED) is 0.643. The highest BCUT2D eigenvalue weighted by molar-refractivity contribution is 6.40. The molecule has 2 aliphatic rings. The molecule has 0 unspecified atom stereocenters. The van der Waals surface area contributed by atoms with Gasteiger partial charge in [0.05, 0.1) is 6.54 Å². The Balaban J connectivity index is 1.71. The second kappa shape index (κ2) is 10.4. The van der Waals surface area contributed by atoms with Gasteiger partial charge in [-0.1, -0.05) is 62.9 Å². The molecule has 2 N–H and O–H groups in total. The minimum atomic E-state index is -0.878. The van der Waals surface area contributed by atoms with Gasteiger partial charge in [0.25, 0.3) is 5.91 Å². The molecule has 3 rings (SSSR count). The maximum Gasteiger partial charge on any atom is 0.268 e. The van der Waals surface area contributed by atoms with Crippen LogP contribution in [-0.4, -0.2) is 40.5 Å². The summed E-state index contributed by atoms with van der Waals surface area (Å²) in [6, 6.07) is 9.58. The van der Waals surface area contributed by atoms with Gasteiger partial charge in [0.15, 0.2) is 0 Å². The van der Waals surface area contributed by atoms with Gasteiger partial charge in [-0.3, -0.25) is 14.4 Å². The molecular formula is C23H32N4O3. The summed E-state index contributed by atoms with van der Waals surface area (Å²) in [7, 11) is 0. The fraction of sp³-hybridized carbons (Fsp3) is 0.565. The molecule has 7 heteroatoms. The average Bonchev–Trinajstić information content (AvgIpc) is 2.76. The van der Waals surface area contributed by atoms with Crippen LogP contribution in [0.5, 0.6) is 0 Å². The highest BCUT2D eigenvalue weighted by Crippen LogP contribution is 2.29. The molecule has 3 amide bonds. The molecule has 0 atom stereocenters. The van der Waals surface area contributed by atoms with E-state index >= 15 is 0 Å². The molecule has 1 heterocycles. The topological polar surface area (TPSA) is 90.9 Å².